The summed E-state index contributed by atoms with van der Waals surface area (Å²) >= 11 is 0. The molecule has 1 N–H and O–H groups in total. The van der Waals surface area contributed by atoms with E-state index in [0.29, 0.717) is 61.1 Å². The number of nitrogens with one attached hydrogen (secondary N) is 1. The van der Waals surface area contributed by atoms with Crippen molar-refractivity contribution in [3.05, 3.63) is 62.6 Å². The first-order chi connectivity index (χ1) is 16.6. The van der Waals surface area contributed by atoms with E-state index < -0.39 is 0 Å². The fourth-order valence-corrected chi connectivity index (χ4v) is 5.28. The predicted molar refractivity (Wildman–Crippen MR) is 123 cm³/mol. The largest absolute Gasteiger partial charge is 0.486 e. The van der Waals surface area contributed by atoms with Crippen LogP contribution in [-0.4, -0.2) is 57.9 Å². The molecule has 0 bridgehead atoms. The molecule has 10 heteroatoms. The Balaban J connectivity index is 1.07. The SMILES string of the molecule is O=c1ccc2ncc(=O)n3c2n1C[C@H]3CN1CCC(NCc2cc3c(cc2F)OCCO3)CC1. The van der Waals surface area contributed by atoms with E-state index in [1.807, 2.05) is 0 Å². The second-order valence-corrected chi connectivity index (χ2v) is 9.15. The van der Waals surface area contributed by atoms with Crippen LogP contribution in [0.5, 0.6) is 11.5 Å². The van der Waals surface area contributed by atoms with E-state index in [0.717, 1.165) is 25.9 Å². The van der Waals surface area contributed by atoms with Gasteiger partial charge in [-0.2, -0.15) is 0 Å². The molecule has 3 aliphatic heterocycles. The van der Waals surface area contributed by atoms with E-state index in [-0.39, 0.29) is 29.0 Å². The van der Waals surface area contributed by atoms with Crippen LogP contribution in [-0.2, 0) is 13.1 Å². The summed E-state index contributed by atoms with van der Waals surface area (Å²) in [6.07, 6.45) is 3.18. The molecule has 34 heavy (non-hydrogen) atoms. The molecule has 178 valence electrons. The van der Waals surface area contributed by atoms with Crippen molar-refractivity contribution in [1.29, 1.82) is 0 Å². The third-order valence-corrected chi connectivity index (χ3v) is 7.02. The van der Waals surface area contributed by atoms with Crippen LogP contribution in [0.3, 0.4) is 0 Å². The average Bonchev–Trinajstić information content (AvgIpc) is 3.23. The van der Waals surface area contributed by atoms with Gasteiger partial charge in [0.1, 0.15) is 30.2 Å². The summed E-state index contributed by atoms with van der Waals surface area (Å²) in [6.45, 7) is 4.26. The Labute approximate surface area is 194 Å². The lowest BCUT2D eigenvalue weighted by Crippen LogP contribution is -2.44. The van der Waals surface area contributed by atoms with Crippen molar-refractivity contribution in [2.24, 2.45) is 0 Å². The summed E-state index contributed by atoms with van der Waals surface area (Å²) in [6, 6.07) is 6.49. The fraction of sp³-hybridized carbons (Fsp3) is 0.458. The molecule has 2 aromatic heterocycles. The first kappa shape index (κ1) is 21.3. The number of fused-ring (bicyclic) bond motifs is 1. The number of piperidine rings is 1. The first-order valence-corrected chi connectivity index (χ1v) is 11.7. The molecular formula is C24H26FN5O4. The summed E-state index contributed by atoms with van der Waals surface area (Å²) in [5.74, 6) is 0.762. The van der Waals surface area contributed by atoms with E-state index in [2.05, 4.69) is 15.2 Å². The van der Waals surface area contributed by atoms with Gasteiger partial charge in [0.05, 0.1) is 12.2 Å². The van der Waals surface area contributed by atoms with Crippen molar-refractivity contribution in [2.45, 2.75) is 38.0 Å². The minimum absolute atomic E-state index is 0.0931. The van der Waals surface area contributed by atoms with Gasteiger partial charge in [-0.05, 0) is 38.1 Å². The molecule has 3 aromatic rings. The van der Waals surface area contributed by atoms with Gasteiger partial charge in [0.15, 0.2) is 11.5 Å². The van der Waals surface area contributed by atoms with Crippen molar-refractivity contribution in [3.63, 3.8) is 0 Å². The lowest BCUT2D eigenvalue weighted by molar-refractivity contribution is 0.168. The summed E-state index contributed by atoms with van der Waals surface area (Å²) in [4.78, 5) is 31.4. The number of hydrogen-bond acceptors (Lipinski definition) is 7. The van der Waals surface area contributed by atoms with Crippen LogP contribution >= 0.6 is 0 Å². The van der Waals surface area contributed by atoms with Gasteiger partial charge in [-0.15, -0.1) is 0 Å². The second-order valence-electron chi connectivity index (χ2n) is 9.15. The van der Waals surface area contributed by atoms with Crippen LogP contribution in [0.4, 0.5) is 4.39 Å². The molecule has 1 saturated heterocycles. The number of halogens is 1. The maximum absolute atomic E-state index is 14.4. The Morgan fingerprint density at radius 2 is 1.82 bits per heavy atom. The smallest absolute Gasteiger partial charge is 0.270 e. The van der Waals surface area contributed by atoms with Crippen LogP contribution in [0.2, 0.25) is 0 Å². The molecule has 1 atom stereocenters. The Morgan fingerprint density at radius 1 is 1.06 bits per heavy atom. The molecule has 9 nitrogen and oxygen atoms in total. The van der Waals surface area contributed by atoms with E-state index in [4.69, 9.17) is 9.47 Å². The van der Waals surface area contributed by atoms with Gasteiger partial charge in [0.2, 0.25) is 0 Å². The number of benzene rings is 1. The second kappa shape index (κ2) is 8.52. The quantitative estimate of drug-likeness (QED) is 0.605. The van der Waals surface area contributed by atoms with Gasteiger partial charge in [-0.25, -0.2) is 9.37 Å². The molecule has 0 amide bonds. The van der Waals surface area contributed by atoms with Crippen molar-refractivity contribution < 1.29 is 13.9 Å². The minimum atomic E-state index is -0.292. The van der Waals surface area contributed by atoms with Crippen molar-refractivity contribution >= 4 is 11.2 Å². The highest BCUT2D eigenvalue weighted by Gasteiger charge is 2.29. The molecule has 1 fully saturated rings. The van der Waals surface area contributed by atoms with Crippen molar-refractivity contribution in [3.8, 4) is 11.5 Å². The van der Waals surface area contributed by atoms with Gasteiger partial charge in [0.25, 0.3) is 11.1 Å². The standard InChI is InChI=1S/C24H26FN5O4/c25-18-10-21-20(33-7-8-34-21)9-15(18)11-26-16-3-5-28(6-4-16)13-17-14-29-22(31)2-1-19-24(29)30(17)23(32)12-27-19/h1-2,9-10,12,16-17,26H,3-8,11,13-14H2/t17-/m1/s1. The van der Waals surface area contributed by atoms with Crippen molar-refractivity contribution in [2.75, 3.05) is 32.8 Å². The lowest BCUT2D eigenvalue weighted by atomic mass is 10.0. The number of rotatable bonds is 5. The number of nitrogens with zero attached hydrogens (tertiary/aromatic N) is 4. The third kappa shape index (κ3) is 3.76. The summed E-state index contributed by atoms with van der Waals surface area (Å²) in [5, 5.41) is 3.47. The molecule has 0 spiro atoms. The molecular weight excluding hydrogens is 441 g/mol. The van der Waals surface area contributed by atoms with Crippen LogP contribution in [0, 0.1) is 5.82 Å². The monoisotopic (exact) mass is 467 g/mol. The lowest BCUT2D eigenvalue weighted by Gasteiger charge is -2.34. The number of ether oxygens (including phenoxy) is 2. The highest BCUT2D eigenvalue weighted by Crippen LogP contribution is 2.32. The maximum Gasteiger partial charge on any atom is 0.270 e. The summed E-state index contributed by atoms with van der Waals surface area (Å²) in [7, 11) is 0. The molecule has 6 rings (SSSR count). The van der Waals surface area contributed by atoms with Gasteiger partial charge in [0, 0.05) is 43.4 Å². The van der Waals surface area contributed by atoms with E-state index in [9.17, 15) is 14.0 Å². The highest BCUT2D eigenvalue weighted by atomic mass is 19.1. The summed E-state index contributed by atoms with van der Waals surface area (Å²) in [5.41, 5.74) is 1.57. The first-order valence-electron chi connectivity index (χ1n) is 11.7. The van der Waals surface area contributed by atoms with E-state index in [1.54, 1.807) is 21.3 Å². The van der Waals surface area contributed by atoms with Crippen LogP contribution in [0.15, 0.2) is 40.1 Å². The minimum Gasteiger partial charge on any atom is -0.486 e. The summed E-state index contributed by atoms with van der Waals surface area (Å²) < 4.78 is 28.8. The zero-order valence-electron chi connectivity index (χ0n) is 18.7. The Morgan fingerprint density at radius 3 is 2.62 bits per heavy atom. The van der Waals surface area contributed by atoms with Gasteiger partial charge >= 0.3 is 0 Å². The molecule has 0 radical (unpaired) electrons. The van der Waals surface area contributed by atoms with Gasteiger partial charge in [-0.1, -0.05) is 0 Å². The Bertz CT molecular complexity index is 1360. The van der Waals surface area contributed by atoms with Gasteiger partial charge < -0.3 is 19.7 Å². The topological polar surface area (TPSA) is 90.6 Å². The van der Waals surface area contributed by atoms with Crippen LogP contribution in [0.25, 0.3) is 11.2 Å². The number of likely N-dealkylation sites (tertiary alicyclic amines) is 1. The number of aromatic nitrogens is 3. The van der Waals surface area contributed by atoms with Crippen LogP contribution < -0.4 is 25.9 Å². The number of hydrogen-bond donors (Lipinski definition) is 1. The van der Waals surface area contributed by atoms with Crippen LogP contribution in [0.1, 0.15) is 24.4 Å². The molecule has 0 unspecified atom stereocenters. The molecule has 1 aromatic carbocycles. The Hall–Kier alpha value is -3.24. The van der Waals surface area contributed by atoms with E-state index >= 15 is 0 Å². The van der Waals surface area contributed by atoms with E-state index in [1.165, 1.54) is 18.3 Å². The highest BCUT2D eigenvalue weighted by molar-refractivity contribution is 5.71. The molecule has 0 saturated carbocycles. The molecule has 0 aliphatic carbocycles. The molecule has 5 heterocycles. The zero-order valence-corrected chi connectivity index (χ0v) is 18.7. The van der Waals surface area contributed by atoms with Crippen molar-refractivity contribution in [1.82, 2.24) is 24.3 Å². The number of pyridine rings is 1. The normalized spacial score (nSPS) is 20.2. The third-order valence-electron chi connectivity index (χ3n) is 7.02. The average molecular weight is 468 g/mol. The predicted octanol–water partition coefficient (Wildman–Crippen LogP) is 1.28. The van der Waals surface area contributed by atoms with Gasteiger partial charge in [-0.3, -0.25) is 18.7 Å². The molecule has 3 aliphatic rings. The fourth-order valence-electron chi connectivity index (χ4n) is 5.28. The zero-order chi connectivity index (χ0) is 23.2. The maximum atomic E-state index is 14.4. The Kier molecular flexibility index (Phi) is 5.34.